The van der Waals surface area contributed by atoms with Crippen LogP contribution >= 0.6 is 22.6 Å². The Labute approximate surface area is 115 Å². The molecule has 0 amide bonds. The highest BCUT2D eigenvalue weighted by Gasteiger charge is 2.15. The maximum Gasteiger partial charge on any atom is 0.282 e. The third-order valence-corrected chi connectivity index (χ3v) is 3.77. The molecule has 5 heteroatoms. The third kappa shape index (κ3) is 3.55. The van der Waals surface area contributed by atoms with E-state index in [9.17, 15) is 10.1 Å². The molecule has 0 saturated carbocycles. The van der Waals surface area contributed by atoms with Gasteiger partial charge in [0.2, 0.25) is 0 Å². The standard InChI is InChI=1S/C12H17IN2O2/c1-4-5-9(2)14(3)10-6-7-12(15(16)17)11(13)8-10/h6-9H,4-5H2,1-3H3. The summed E-state index contributed by atoms with van der Waals surface area (Å²) in [6.45, 7) is 4.32. The van der Waals surface area contributed by atoms with Crippen LogP contribution < -0.4 is 4.90 Å². The summed E-state index contributed by atoms with van der Waals surface area (Å²) < 4.78 is 0.681. The monoisotopic (exact) mass is 348 g/mol. The second-order valence-electron chi connectivity index (χ2n) is 4.14. The first-order valence-corrected chi connectivity index (χ1v) is 6.72. The highest BCUT2D eigenvalue weighted by atomic mass is 127. The molecule has 4 nitrogen and oxygen atoms in total. The summed E-state index contributed by atoms with van der Waals surface area (Å²) in [4.78, 5) is 12.5. The Bertz CT molecular complexity index is 409. The van der Waals surface area contributed by atoms with Crippen molar-refractivity contribution in [2.24, 2.45) is 0 Å². The Morgan fingerprint density at radius 1 is 1.53 bits per heavy atom. The van der Waals surface area contributed by atoms with Crippen molar-refractivity contribution < 1.29 is 4.92 Å². The van der Waals surface area contributed by atoms with Crippen LogP contribution in [0, 0.1) is 13.7 Å². The summed E-state index contributed by atoms with van der Waals surface area (Å²) in [5, 5.41) is 10.7. The summed E-state index contributed by atoms with van der Waals surface area (Å²) >= 11 is 2.01. The van der Waals surface area contributed by atoms with E-state index in [0.29, 0.717) is 9.61 Å². The summed E-state index contributed by atoms with van der Waals surface area (Å²) in [5.74, 6) is 0. The molecule has 1 atom stereocenters. The zero-order valence-corrected chi connectivity index (χ0v) is 12.5. The Morgan fingerprint density at radius 2 is 2.18 bits per heavy atom. The van der Waals surface area contributed by atoms with Gasteiger partial charge < -0.3 is 4.90 Å². The molecule has 0 heterocycles. The summed E-state index contributed by atoms with van der Waals surface area (Å²) in [6, 6.07) is 5.70. The van der Waals surface area contributed by atoms with E-state index in [2.05, 4.69) is 18.7 Å². The zero-order valence-electron chi connectivity index (χ0n) is 10.3. The molecule has 0 fully saturated rings. The van der Waals surface area contributed by atoms with E-state index in [0.717, 1.165) is 18.5 Å². The van der Waals surface area contributed by atoms with Gasteiger partial charge in [0.05, 0.1) is 8.49 Å². The fraction of sp³-hybridized carbons (Fsp3) is 0.500. The molecule has 0 spiro atoms. The first kappa shape index (κ1) is 14.2. The minimum atomic E-state index is -0.346. The molecule has 0 bridgehead atoms. The molecule has 0 radical (unpaired) electrons. The molecule has 1 unspecified atom stereocenters. The average Bonchev–Trinajstić information content (AvgIpc) is 2.27. The van der Waals surface area contributed by atoms with E-state index < -0.39 is 0 Å². The minimum absolute atomic E-state index is 0.172. The third-order valence-electron chi connectivity index (χ3n) is 2.90. The Kier molecular flexibility index (Phi) is 5.17. The molecule has 1 rings (SSSR count). The van der Waals surface area contributed by atoms with Gasteiger partial charge in [-0.1, -0.05) is 13.3 Å². The number of anilines is 1. The summed E-state index contributed by atoms with van der Waals surface area (Å²) in [7, 11) is 2.03. The average molecular weight is 348 g/mol. The van der Waals surface area contributed by atoms with E-state index in [4.69, 9.17) is 0 Å². The van der Waals surface area contributed by atoms with Gasteiger partial charge in [0, 0.05) is 24.8 Å². The van der Waals surface area contributed by atoms with Crippen LogP contribution in [0.5, 0.6) is 0 Å². The lowest BCUT2D eigenvalue weighted by atomic mass is 10.1. The van der Waals surface area contributed by atoms with E-state index in [1.807, 2.05) is 41.8 Å². The highest BCUT2D eigenvalue weighted by molar-refractivity contribution is 14.1. The predicted molar refractivity (Wildman–Crippen MR) is 78.6 cm³/mol. The van der Waals surface area contributed by atoms with Crippen LogP contribution in [0.25, 0.3) is 0 Å². The van der Waals surface area contributed by atoms with Gasteiger partial charge in [0.25, 0.3) is 5.69 Å². The summed E-state index contributed by atoms with van der Waals surface area (Å²) in [5.41, 5.74) is 1.20. The van der Waals surface area contributed by atoms with Gasteiger partial charge in [-0.25, -0.2) is 0 Å². The molecule has 0 saturated heterocycles. The van der Waals surface area contributed by atoms with Gasteiger partial charge >= 0.3 is 0 Å². The van der Waals surface area contributed by atoms with Crippen LogP contribution in [0.1, 0.15) is 26.7 Å². The first-order chi connectivity index (χ1) is 7.97. The predicted octanol–water partition coefficient (Wildman–Crippen LogP) is 3.82. The number of halogens is 1. The van der Waals surface area contributed by atoms with Gasteiger partial charge in [0.1, 0.15) is 0 Å². The van der Waals surface area contributed by atoms with Crippen LogP contribution in [0.3, 0.4) is 0 Å². The smallest absolute Gasteiger partial charge is 0.282 e. The second-order valence-corrected chi connectivity index (χ2v) is 5.30. The highest BCUT2D eigenvalue weighted by Crippen LogP contribution is 2.27. The number of nitro benzene ring substituents is 1. The van der Waals surface area contributed by atoms with Crippen molar-refractivity contribution in [3.05, 3.63) is 31.9 Å². The number of nitrogens with zero attached hydrogens (tertiary/aromatic N) is 2. The van der Waals surface area contributed by atoms with Crippen molar-refractivity contribution in [3.63, 3.8) is 0 Å². The second kappa shape index (κ2) is 6.18. The minimum Gasteiger partial charge on any atom is -0.372 e. The van der Waals surface area contributed by atoms with Crippen molar-refractivity contribution in [2.45, 2.75) is 32.7 Å². The molecule has 1 aromatic rings. The van der Waals surface area contributed by atoms with Crippen molar-refractivity contribution in [1.29, 1.82) is 0 Å². The molecule has 17 heavy (non-hydrogen) atoms. The molecule has 1 aromatic carbocycles. The van der Waals surface area contributed by atoms with Gasteiger partial charge in [-0.15, -0.1) is 0 Å². The lowest BCUT2D eigenvalue weighted by Crippen LogP contribution is -2.28. The normalized spacial score (nSPS) is 12.2. The summed E-state index contributed by atoms with van der Waals surface area (Å²) in [6.07, 6.45) is 2.25. The molecule has 94 valence electrons. The van der Waals surface area contributed by atoms with Crippen LogP contribution in [0.2, 0.25) is 0 Å². The van der Waals surface area contributed by atoms with Gasteiger partial charge in [-0.3, -0.25) is 10.1 Å². The maximum atomic E-state index is 10.7. The SMILES string of the molecule is CCCC(C)N(C)c1ccc([N+](=O)[O-])c(I)c1. The van der Waals surface area contributed by atoms with Gasteiger partial charge in [-0.2, -0.15) is 0 Å². The zero-order chi connectivity index (χ0) is 13.0. The Balaban J connectivity index is 2.93. The topological polar surface area (TPSA) is 46.4 Å². The van der Waals surface area contributed by atoms with E-state index in [1.165, 1.54) is 0 Å². The molecule has 0 aliphatic heterocycles. The fourth-order valence-electron chi connectivity index (χ4n) is 1.73. The van der Waals surface area contributed by atoms with Crippen molar-refractivity contribution >= 4 is 34.0 Å². The molecule has 0 aromatic heterocycles. The lowest BCUT2D eigenvalue weighted by Gasteiger charge is -2.26. The van der Waals surface area contributed by atoms with Gasteiger partial charge in [0.15, 0.2) is 0 Å². The van der Waals surface area contributed by atoms with Crippen LogP contribution in [0.4, 0.5) is 11.4 Å². The molecule has 0 N–H and O–H groups in total. The number of hydrogen-bond donors (Lipinski definition) is 0. The van der Waals surface area contributed by atoms with Crippen LogP contribution in [0.15, 0.2) is 18.2 Å². The fourth-order valence-corrected chi connectivity index (χ4v) is 2.42. The number of hydrogen-bond acceptors (Lipinski definition) is 3. The Morgan fingerprint density at radius 3 is 2.65 bits per heavy atom. The van der Waals surface area contributed by atoms with Crippen LogP contribution in [-0.2, 0) is 0 Å². The quantitative estimate of drug-likeness (QED) is 0.462. The van der Waals surface area contributed by atoms with Crippen LogP contribution in [-0.4, -0.2) is 18.0 Å². The lowest BCUT2D eigenvalue weighted by molar-refractivity contribution is -0.385. The molecule has 0 aliphatic rings. The maximum absolute atomic E-state index is 10.7. The molecular formula is C12H17IN2O2. The van der Waals surface area contributed by atoms with Crippen molar-refractivity contribution in [1.82, 2.24) is 0 Å². The Hall–Kier alpha value is -0.850. The van der Waals surface area contributed by atoms with Crippen molar-refractivity contribution in [3.8, 4) is 0 Å². The van der Waals surface area contributed by atoms with E-state index in [-0.39, 0.29) is 10.6 Å². The van der Waals surface area contributed by atoms with Crippen molar-refractivity contribution in [2.75, 3.05) is 11.9 Å². The van der Waals surface area contributed by atoms with E-state index >= 15 is 0 Å². The largest absolute Gasteiger partial charge is 0.372 e. The van der Waals surface area contributed by atoms with Gasteiger partial charge in [-0.05, 0) is 48.1 Å². The number of rotatable bonds is 5. The number of nitro groups is 1. The molecular weight excluding hydrogens is 331 g/mol. The van der Waals surface area contributed by atoms with E-state index in [1.54, 1.807) is 6.07 Å². The number of benzene rings is 1. The first-order valence-electron chi connectivity index (χ1n) is 5.64. The molecule has 0 aliphatic carbocycles.